The molecule has 0 unspecified atom stereocenters. The van der Waals surface area contributed by atoms with E-state index in [1.165, 1.54) is 6.33 Å². The molecule has 1 aliphatic rings. The van der Waals surface area contributed by atoms with Crippen LogP contribution in [0.2, 0.25) is 0 Å². The van der Waals surface area contributed by atoms with Gasteiger partial charge in [-0.2, -0.15) is 0 Å². The molecule has 94 valence electrons. The Hall–Kier alpha value is -1.24. The number of hydrogen-bond donors (Lipinski definition) is 4. The van der Waals surface area contributed by atoms with Gasteiger partial charge in [0.2, 0.25) is 0 Å². The predicted octanol–water partition coefficient (Wildman–Crippen LogP) is -0.520. The molecule has 1 heterocycles. The highest BCUT2D eigenvalue weighted by atomic mass is 16.3. The third kappa shape index (κ3) is 2.91. The SMILES string of the molecule is OCC(CO)Nc1cc(C2CC(O)C2)ncn1. The number of aliphatic hydroxyl groups is 3. The summed E-state index contributed by atoms with van der Waals surface area (Å²) in [5.41, 5.74) is 0.891. The van der Waals surface area contributed by atoms with E-state index in [4.69, 9.17) is 10.2 Å². The third-order valence-corrected chi connectivity index (χ3v) is 3.01. The molecule has 1 saturated carbocycles. The van der Waals surface area contributed by atoms with Crippen LogP contribution in [-0.2, 0) is 0 Å². The Morgan fingerprint density at radius 1 is 1.29 bits per heavy atom. The van der Waals surface area contributed by atoms with Crippen molar-refractivity contribution >= 4 is 5.82 Å². The summed E-state index contributed by atoms with van der Waals surface area (Å²) in [5, 5.41) is 30.1. The Morgan fingerprint density at radius 3 is 2.59 bits per heavy atom. The van der Waals surface area contributed by atoms with Gasteiger partial charge in [0, 0.05) is 17.7 Å². The summed E-state index contributed by atoms with van der Waals surface area (Å²) in [4.78, 5) is 8.20. The molecule has 0 saturated heterocycles. The van der Waals surface area contributed by atoms with E-state index in [0.29, 0.717) is 5.82 Å². The van der Waals surface area contributed by atoms with Gasteiger partial charge in [0.25, 0.3) is 0 Å². The van der Waals surface area contributed by atoms with Crippen molar-refractivity contribution in [2.24, 2.45) is 0 Å². The highest BCUT2D eigenvalue weighted by molar-refractivity contribution is 5.37. The zero-order chi connectivity index (χ0) is 12.3. The topological polar surface area (TPSA) is 98.5 Å². The highest BCUT2D eigenvalue weighted by Gasteiger charge is 2.29. The van der Waals surface area contributed by atoms with E-state index in [-0.39, 0.29) is 25.2 Å². The molecule has 6 nitrogen and oxygen atoms in total. The summed E-state index contributed by atoms with van der Waals surface area (Å²) in [6.07, 6.45) is 2.71. The van der Waals surface area contributed by atoms with Crippen molar-refractivity contribution in [3.05, 3.63) is 18.1 Å². The molecule has 0 aromatic carbocycles. The quantitative estimate of drug-likeness (QED) is 0.552. The minimum atomic E-state index is -0.412. The van der Waals surface area contributed by atoms with E-state index < -0.39 is 6.04 Å². The van der Waals surface area contributed by atoms with E-state index in [1.807, 2.05) is 0 Å². The van der Waals surface area contributed by atoms with Crippen LogP contribution in [0.15, 0.2) is 12.4 Å². The van der Waals surface area contributed by atoms with E-state index in [2.05, 4.69) is 15.3 Å². The predicted molar refractivity (Wildman–Crippen MR) is 61.6 cm³/mol. The lowest BCUT2D eigenvalue weighted by atomic mass is 9.80. The summed E-state index contributed by atoms with van der Waals surface area (Å²) in [6, 6.07) is 1.39. The lowest BCUT2D eigenvalue weighted by Crippen LogP contribution is -2.29. The molecule has 0 amide bonds. The van der Waals surface area contributed by atoms with Crippen LogP contribution in [0.25, 0.3) is 0 Å². The Bertz CT molecular complexity index is 365. The largest absolute Gasteiger partial charge is 0.394 e. The number of rotatable bonds is 5. The van der Waals surface area contributed by atoms with Crippen LogP contribution in [0.4, 0.5) is 5.82 Å². The Balaban J connectivity index is 2.01. The molecule has 0 radical (unpaired) electrons. The molecule has 6 heteroatoms. The van der Waals surface area contributed by atoms with E-state index >= 15 is 0 Å². The van der Waals surface area contributed by atoms with Crippen molar-refractivity contribution in [2.45, 2.75) is 30.9 Å². The number of aromatic nitrogens is 2. The second kappa shape index (κ2) is 5.39. The molecule has 1 fully saturated rings. The Morgan fingerprint density at radius 2 is 2.00 bits per heavy atom. The van der Waals surface area contributed by atoms with Crippen LogP contribution in [0.1, 0.15) is 24.5 Å². The summed E-state index contributed by atoms with van der Waals surface area (Å²) < 4.78 is 0. The average molecular weight is 239 g/mol. The summed E-state index contributed by atoms with van der Waals surface area (Å²) >= 11 is 0. The van der Waals surface area contributed by atoms with Gasteiger partial charge >= 0.3 is 0 Å². The maximum atomic E-state index is 9.25. The normalized spacial score (nSPS) is 23.5. The average Bonchev–Trinajstić information content (AvgIpc) is 2.32. The Labute approximate surface area is 99.4 Å². The number of nitrogens with one attached hydrogen (secondary N) is 1. The number of hydrogen-bond acceptors (Lipinski definition) is 6. The molecular formula is C11H17N3O3. The minimum absolute atomic E-state index is 0.155. The molecule has 2 rings (SSSR count). The van der Waals surface area contributed by atoms with Gasteiger partial charge in [-0.25, -0.2) is 9.97 Å². The molecule has 1 aliphatic carbocycles. The van der Waals surface area contributed by atoms with Crippen LogP contribution in [0, 0.1) is 0 Å². The number of anilines is 1. The minimum Gasteiger partial charge on any atom is -0.394 e. The van der Waals surface area contributed by atoms with Gasteiger partial charge in [0.15, 0.2) is 0 Å². The Kier molecular flexibility index (Phi) is 3.88. The monoisotopic (exact) mass is 239 g/mol. The van der Waals surface area contributed by atoms with Crippen LogP contribution in [0.3, 0.4) is 0 Å². The lowest BCUT2D eigenvalue weighted by Gasteiger charge is -2.30. The van der Waals surface area contributed by atoms with Crippen molar-refractivity contribution in [3.63, 3.8) is 0 Å². The standard InChI is InChI=1S/C11H17N3O3/c15-4-8(5-16)14-11-3-10(12-6-13-11)7-1-9(17)2-7/h3,6-9,15-17H,1-2,4-5H2,(H,12,13,14). The van der Waals surface area contributed by atoms with Crippen molar-refractivity contribution in [2.75, 3.05) is 18.5 Å². The second-order valence-corrected chi connectivity index (χ2v) is 4.36. The van der Waals surface area contributed by atoms with Gasteiger partial charge < -0.3 is 20.6 Å². The van der Waals surface area contributed by atoms with Gasteiger partial charge in [0.1, 0.15) is 12.1 Å². The first-order valence-corrected chi connectivity index (χ1v) is 5.71. The van der Waals surface area contributed by atoms with Crippen molar-refractivity contribution < 1.29 is 15.3 Å². The molecule has 0 bridgehead atoms. The van der Waals surface area contributed by atoms with Crippen LogP contribution < -0.4 is 5.32 Å². The van der Waals surface area contributed by atoms with Crippen molar-refractivity contribution in [1.82, 2.24) is 9.97 Å². The molecule has 0 atom stereocenters. The molecule has 1 aromatic rings. The first-order chi connectivity index (χ1) is 8.22. The maximum absolute atomic E-state index is 9.25. The van der Waals surface area contributed by atoms with Gasteiger partial charge in [-0.1, -0.05) is 0 Å². The van der Waals surface area contributed by atoms with E-state index in [0.717, 1.165) is 18.5 Å². The van der Waals surface area contributed by atoms with Gasteiger partial charge in [-0.05, 0) is 12.8 Å². The molecule has 0 aliphatic heterocycles. The fourth-order valence-corrected chi connectivity index (χ4v) is 1.86. The molecular weight excluding hydrogens is 222 g/mol. The lowest BCUT2D eigenvalue weighted by molar-refractivity contribution is 0.0732. The summed E-state index contributed by atoms with van der Waals surface area (Å²) in [5.74, 6) is 0.875. The van der Waals surface area contributed by atoms with Crippen LogP contribution in [-0.4, -0.2) is 50.6 Å². The first-order valence-electron chi connectivity index (χ1n) is 5.71. The highest BCUT2D eigenvalue weighted by Crippen LogP contribution is 2.35. The summed E-state index contributed by atoms with van der Waals surface area (Å²) in [7, 11) is 0. The van der Waals surface area contributed by atoms with Crippen molar-refractivity contribution in [3.8, 4) is 0 Å². The molecule has 0 spiro atoms. The zero-order valence-electron chi connectivity index (χ0n) is 9.45. The molecule has 17 heavy (non-hydrogen) atoms. The van der Waals surface area contributed by atoms with Crippen molar-refractivity contribution in [1.29, 1.82) is 0 Å². The fourth-order valence-electron chi connectivity index (χ4n) is 1.86. The first kappa shape index (κ1) is 12.2. The fraction of sp³-hybridized carbons (Fsp3) is 0.636. The second-order valence-electron chi connectivity index (χ2n) is 4.36. The van der Waals surface area contributed by atoms with E-state index in [1.54, 1.807) is 6.07 Å². The number of nitrogens with zero attached hydrogens (tertiary/aromatic N) is 2. The van der Waals surface area contributed by atoms with Crippen LogP contribution >= 0.6 is 0 Å². The third-order valence-electron chi connectivity index (χ3n) is 3.01. The van der Waals surface area contributed by atoms with Gasteiger partial charge in [-0.3, -0.25) is 0 Å². The smallest absolute Gasteiger partial charge is 0.129 e. The zero-order valence-corrected chi connectivity index (χ0v) is 9.45. The van der Waals surface area contributed by atoms with E-state index in [9.17, 15) is 5.11 Å². The molecule has 4 N–H and O–H groups in total. The van der Waals surface area contributed by atoms with Crippen LogP contribution in [0.5, 0.6) is 0 Å². The number of aliphatic hydroxyl groups excluding tert-OH is 3. The van der Waals surface area contributed by atoms with Gasteiger partial charge in [-0.15, -0.1) is 0 Å². The van der Waals surface area contributed by atoms with Gasteiger partial charge in [0.05, 0.1) is 25.4 Å². The molecule has 1 aromatic heterocycles. The summed E-state index contributed by atoms with van der Waals surface area (Å²) in [6.45, 7) is -0.310. The maximum Gasteiger partial charge on any atom is 0.129 e.